The van der Waals surface area contributed by atoms with E-state index in [1.807, 2.05) is 121 Å². The van der Waals surface area contributed by atoms with E-state index in [1.54, 1.807) is 34.4 Å². The molecule has 0 aliphatic heterocycles. The highest BCUT2D eigenvalue weighted by Crippen LogP contribution is 2.31. The number of amides is 2. The standard InChI is InChI=1S/C50H58N6O5/c57-47(48-52-26-27-55(48)36-60-33-41-22-12-4-13-23-41)45(30-40-20-10-3-11-21-40)54-49(58)46(31-44-32-51-35-53-44)56(37-61-34-42-24-14-5-15-25-42)50(59)43(28-38-16-6-1-7-17-38)29-39-18-8-2-9-19-39/h1-2,4-9,12-19,22-27,32,35,40,43,45-47,57H,3,10-11,20-21,28-31,33-34,36-37H2,(H,51,53)(H,54,58)/t45-,46-,47+/m0/s1. The molecule has 0 bridgehead atoms. The molecule has 1 aliphatic carbocycles. The second-order valence-electron chi connectivity index (χ2n) is 16.2. The van der Waals surface area contributed by atoms with Crippen molar-refractivity contribution in [3.05, 3.63) is 180 Å². The molecule has 0 spiro atoms. The van der Waals surface area contributed by atoms with Gasteiger partial charge in [-0.1, -0.05) is 153 Å². The largest absolute Gasteiger partial charge is 0.383 e. The molecule has 318 valence electrons. The average Bonchev–Trinajstić information content (AvgIpc) is 4.01. The Kier molecular flexibility index (Phi) is 16.0. The van der Waals surface area contributed by atoms with E-state index < -0.39 is 24.1 Å². The summed E-state index contributed by atoms with van der Waals surface area (Å²) < 4.78 is 14.2. The van der Waals surface area contributed by atoms with Gasteiger partial charge in [0, 0.05) is 36.6 Å². The normalized spacial score (nSPS) is 14.7. The predicted octanol–water partition coefficient (Wildman–Crippen LogP) is 7.98. The number of imidazole rings is 2. The van der Waals surface area contributed by atoms with E-state index in [0.717, 1.165) is 47.9 Å². The van der Waals surface area contributed by atoms with Crippen molar-refractivity contribution in [2.45, 2.75) is 95.9 Å². The van der Waals surface area contributed by atoms with Gasteiger partial charge in [0.1, 0.15) is 31.4 Å². The Morgan fingerprint density at radius 2 is 1.34 bits per heavy atom. The van der Waals surface area contributed by atoms with Gasteiger partial charge >= 0.3 is 0 Å². The van der Waals surface area contributed by atoms with Gasteiger partial charge in [-0.3, -0.25) is 9.59 Å². The lowest BCUT2D eigenvalue weighted by atomic mass is 9.83. The van der Waals surface area contributed by atoms with E-state index in [9.17, 15) is 5.11 Å². The molecular weight excluding hydrogens is 765 g/mol. The van der Waals surface area contributed by atoms with Crippen molar-refractivity contribution in [1.29, 1.82) is 0 Å². The third kappa shape index (κ3) is 12.8. The zero-order valence-corrected chi connectivity index (χ0v) is 34.8. The zero-order valence-electron chi connectivity index (χ0n) is 34.8. The van der Waals surface area contributed by atoms with Crippen LogP contribution in [0, 0.1) is 11.8 Å². The Balaban J connectivity index is 1.19. The number of aromatic nitrogens is 4. The summed E-state index contributed by atoms with van der Waals surface area (Å²) in [4.78, 5) is 44.1. The molecule has 0 unspecified atom stereocenters. The number of aromatic amines is 1. The first kappa shape index (κ1) is 43.2. The first-order valence-corrected chi connectivity index (χ1v) is 21.6. The number of aliphatic hydroxyl groups is 1. The van der Waals surface area contributed by atoms with E-state index in [0.29, 0.717) is 43.3 Å². The zero-order chi connectivity index (χ0) is 42.1. The fourth-order valence-corrected chi connectivity index (χ4v) is 8.41. The summed E-state index contributed by atoms with van der Waals surface area (Å²) in [6.07, 6.45) is 12.6. The highest BCUT2D eigenvalue weighted by Gasteiger charge is 2.38. The van der Waals surface area contributed by atoms with Gasteiger partial charge in [0.2, 0.25) is 11.8 Å². The molecule has 61 heavy (non-hydrogen) atoms. The van der Waals surface area contributed by atoms with Gasteiger partial charge in [-0.05, 0) is 47.4 Å². The minimum absolute atomic E-state index is 0.126. The van der Waals surface area contributed by atoms with Crippen LogP contribution in [0.4, 0.5) is 0 Å². The summed E-state index contributed by atoms with van der Waals surface area (Å²) in [5, 5.41) is 15.5. The van der Waals surface area contributed by atoms with Gasteiger partial charge in [0.05, 0.1) is 25.6 Å². The highest BCUT2D eigenvalue weighted by molar-refractivity contribution is 5.89. The molecule has 11 heteroatoms. The number of benzene rings is 4. The van der Waals surface area contributed by atoms with E-state index in [2.05, 4.69) is 20.3 Å². The molecule has 7 rings (SSSR count). The molecule has 0 saturated heterocycles. The van der Waals surface area contributed by atoms with Crippen LogP contribution in [-0.2, 0) is 58.3 Å². The topological polar surface area (TPSA) is 135 Å². The summed E-state index contributed by atoms with van der Waals surface area (Å²) in [6.45, 7) is 0.707. The van der Waals surface area contributed by atoms with Crippen LogP contribution in [0.15, 0.2) is 146 Å². The Bertz CT molecular complexity index is 2120. The minimum atomic E-state index is -1.14. The number of rotatable bonds is 22. The number of hydrogen-bond donors (Lipinski definition) is 3. The number of aliphatic hydroxyl groups excluding tert-OH is 1. The van der Waals surface area contributed by atoms with Crippen LogP contribution in [0.2, 0.25) is 0 Å². The Labute approximate surface area is 359 Å². The smallest absolute Gasteiger partial charge is 0.243 e. The van der Waals surface area contributed by atoms with Crippen molar-refractivity contribution in [3.8, 4) is 0 Å². The number of carbonyl (C=O) groups is 2. The van der Waals surface area contributed by atoms with Gasteiger partial charge < -0.3 is 34.3 Å². The number of nitrogens with zero attached hydrogens (tertiary/aromatic N) is 4. The summed E-state index contributed by atoms with van der Waals surface area (Å²) in [7, 11) is 0. The maximum atomic E-state index is 15.3. The Hall–Kier alpha value is -5.88. The number of H-pyrrole nitrogens is 1. The first-order chi connectivity index (χ1) is 30.0. The lowest BCUT2D eigenvalue weighted by Gasteiger charge is -2.36. The van der Waals surface area contributed by atoms with Crippen molar-refractivity contribution in [3.63, 3.8) is 0 Å². The quantitative estimate of drug-likeness (QED) is 0.0592. The first-order valence-electron chi connectivity index (χ1n) is 21.6. The molecular formula is C50H58N6O5. The van der Waals surface area contributed by atoms with Gasteiger partial charge in [0.15, 0.2) is 0 Å². The van der Waals surface area contributed by atoms with Crippen LogP contribution in [0.1, 0.15) is 78.4 Å². The molecule has 2 amide bonds. The van der Waals surface area contributed by atoms with Crippen molar-refractivity contribution >= 4 is 11.8 Å². The molecule has 2 heterocycles. The van der Waals surface area contributed by atoms with Crippen LogP contribution in [0.25, 0.3) is 0 Å². The maximum Gasteiger partial charge on any atom is 0.243 e. The Morgan fingerprint density at radius 1 is 0.770 bits per heavy atom. The number of hydrogen-bond acceptors (Lipinski definition) is 7. The van der Waals surface area contributed by atoms with Crippen LogP contribution in [0.3, 0.4) is 0 Å². The molecule has 3 N–H and O–H groups in total. The van der Waals surface area contributed by atoms with Crippen molar-refractivity contribution in [1.82, 2.24) is 29.7 Å². The molecule has 6 aromatic rings. The van der Waals surface area contributed by atoms with Crippen molar-refractivity contribution in [2.75, 3.05) is 6.73 Å². The van der Waals surface area contributed by atoms with Gasteiger partial charge in [0.25, 0.3) is 0 Å². The monoisotopic (exact) mass is 822 g/mol. The van der Waals surface area contributed by atoms with Crippen molar-refractivity contribution in [2.24, 2.45) is 11.8 Å². The molecule has 0 radical (unpaired) electrons. The maximum absolute atomic E-state index is 15.3. The summed E-state index contributed by atoms with van der Waals surface area (Å²) >= 11 is 0. The van der Waals surface area contributed by atoms with Gasteiger partial charge in [-0.2, -0.15) is 0 Å². The second kappa shape index (κ2) is 22.6. The summed E-state index contributed by atoms with van der Waals surface area (Å²) in [6, 6.07) is 38.0. The molecule has 4 aromatic carbocycles. The molecule has 1 fully saturated rings. The molecule has 2 aromatic heterocycles. The molecule has 1 aliphatic rings. The van der Waals surface area contributed by atoms with E-state index >= 15 is 9.59 Å². The van der Waals surface area contributed by atoms with Crippen molar-refractivity contribution < 1.29 is 24.2 Å². The minimum Gasteiger partial charge on any atom is -0.383 e. The SMILES string of the molecule is O=C(N[C@@H](CC1CCCCC1)[C@@H](O)c1nccn1COCc1ccccc1)[C@H](Cc1cnc[nH]1)N(COCc1ccccc1)C(=O)C(Cc1ccccc1)Cc1ccccc1. The predicted molar refractivity (Wildman–Crippen MR) is 234 cm³/mol. The lowest BCUT2D eigenvalue weighted by Crippen LogP contribution is -2.56. The third-order valence-corrected chi connectivity index (χ3v) is 11.6. The number of carbonyl (C=O) groups excluding carboxylic acids is 2. The van der Waals surface area contributed by atoms with E-state index in [4.69, 9.17) is 9.47 Å². The fourth-order valence-electron chi connectivity index (χ4n) is 8.41. The average molecular weight is 823 g/mol. The summed E-state index contributed by atoms with van der Waals surface area (Å²) in [5.74, 6) is -0.373. The lowest BCUT2D eigenvalue weighted by molar-refractivity contribution is -0.151. The van der Waals surface area contributed by atoms with Gasteiger partial charge in [-0.25, -0.2) is 9.97 Å². The number of nitrogens with one attached hydrogen (secondary N) is 2. The van der Waals surface area contributed by atoms with E-state index in [-0.39, 0.29) is 38.3 Å². The van der Waals surface area contributed by atoms with Crippen LogP contribution in [-0.4, -0.2) is 60.2 Å². The van der Waals surface area contributed by atoms with Crippen LogP contribution in [0.5, 0.6) is 0 Å². The molecule has 1 saturated carbocycles. The molecule has 11 nitrogen and oxygen atoms in total. The fraction of sp³-hybridized carbons (Fsp3) is 0.360. The second-order valence-corrected chi connectivity index (χ2v) is 16.2. The highest BCUT2D eigenvalue weighted by atomic mass is 16.5. The van der Waals surface area contributed by atoms with Crippen LogP contribution >= 0.6 is 0 Å². The van der Waals surface area contributed by atoms with Crippen LogP contribution < -0.4 is 5.32 Å². The van der Waals surface area contributed by atoms with Gasteiger partial charge in [-0.15, -0.1) is 0 Å². The Morgan fingerprint density at radius 3 is 1.92 bits per heavy atom. The molecule has 3 atom stereocenters. The number of ether oxygens (including phenoxy) is 2. The summed E-state index contributed by atoms with van der Waals surface area (Å²) in [5.41, 5.74) is 4.73. The third-order valence-electron chi connectivity index (χ3n) is 11.6. The van der Waals surface area contributed by atoms with E-state index in [1.165, 1.54) is 6.42 Å².